The second-order valence-electron chi connectivity index (χ2n) is 9.44. The van der Waals surface area contributed by atoms with Crippen molar-refractivity contribution in [3.8, 4) is 34.3 Å². The van der Waals surface area contributed by atoms with E-state index in [1.54, 1.807) is 25.6 Å². The highest BCUT2D eigenvalue weighted by Crippen LogP contribution is 2.33. The van der Waals surface area contributed by atoms with Gasteiger partial charge in [-0.1, -0.05) is 24.3 Å². The molecule has 3 aromatic carbocycles. The van der Waals surface area contributed by atoms with Crippen molar-refractivity contribution in [3.63, 3.8) is 0 Å². The van der Waals surface area contributed by atoms with E-state index in [0.717, 1.165) is 33.5 Å². The summed E-state index contributed by atoms with van der Waals surface area (Å²) < 4.78 is 17.2. The fourth-order valence-corrected chi connectivity index (χ4v) is 4.42. The zero-order chi connectivity index (χ0) is 27.5. The van der Waals surface area contributed by atoms with Gasteiger partial charge in [-0.15, -0.1) is 10.2 Å². The molecule has 0 bridgehead atoms. The fourth-order valence-electron chi connectivity index (χ4n) is 4.42. The lowest BCUT2D eigenvalue weighted by Gasteiger charge is -2.13. The van der Waals surface area contributed by atoms with Gasteiger partial charge < -0.3 is 19.5 Å². The standard InChI is InChI=1S/C32H27N5O3/c1-20(2)39-23-12-8-21(9-13-23)30-26-6-4-5-7-27(26)32(37-36-30)35-22-10-14-24(15-11-22)40-29-16-17-33-28-18-25(38-3)19-34-31(28)29/h4-20H,1-3H3,(H,35,37). The summed E-state index contributed by atoms with van der Waals surface area (Å²) in [7, 11) is 1.60. The molecule has 0 spiro atoms. The van der Waals surface area contributed by atoms with Crippen LogP contribution in [0, 0.1) is 0 Å². The summed E-state index contributed by atoms with van der Waals surface area (Å²) in [6.07, 6.45) is 3.46. The Bertz CT molecular complexity index is 1790. The van der Waals surface area contributed by atoms with Gasteiger partial charge in [-0.25, -0.2) is 4.98 Å². The van der Waals surface area contributed by atoms with E-state index < -0.39 is 0 Å². The minimum atomic E-state index is 0.120. The molecule has 0 unspecified atom stereocenters. The van der Waals surface area contributed by atoms with Crippen LogP contribution < -0.4 is 19.5 Å². The zero-order valence-corrected chi connectivity index (χ0v) is 22.3. The first-order valence-corrected chi connectivity index (χ1v) is 12.9. The summed E-state index contributed by atoms with van der Waals surface area (Å²) in [6, 6.07) is 27.3. The third-order valence-corrected chi connectivity index (χ3v) is 6.28. The second kappa shape index (κ2) is 10.9. The number of rotatable bonds is 8. The van der Waals surface area contributed by atoms with Crippen LogP contribution in [0.15, 0.2) is 97.3 Å². The number of nitrogens with zero attached hydrogens (tertiary/aromatic N) is 4. The van der Waals surface area contributed by atoms with Crippen LogP contribution in [-0.2, 0) is 0 Å². The van der Waals surface area contributed by atoms with Gasteiger partial charge in [0.2, 0.25) is 0 Å². The van der Waals surface area contributed by atoms with E-state index in [4.69, 9.17) is 14.2 Å². The fraction of sp³-hybridized carbons (Fsp3) is 0.125. The van der Waals surface area contributed by atoms with Crippen LogP contribution in [0.4, 0.5) is 11.5 Å². The van der Waals surface area contributed by atoms with Crippen molar-refractivity contribution >= 4 is 33.3 Å². The molecule has 8 heteroatoms. The number of anilines is 2. The van der Waals surface area contributed by atoms with Crippen LogP contribution in [0.3, 0.4) is 0 Å². The van der Waals surface area contributed by atoms with Crippen molar-refractivity contribution in [1.29, 1.82) is 0 Å². The van der Waals surface area contributed by atoms with Crippen LogP contribution in [0.1, 0.15) is 13.8 Å². The van der Waals surface area contributed by atoms with Gasteiger partial charge in [-0.3, -0.25) is 4.98 Å². The quantitative estimate of drug-likeness (QED) is 0.216. The summed E-state index contributed by atoms with van der Waals surface area (Å²) in [5.74, 6) is 3.43. The van der Waals surface area contributed by atoms with Crippen LogP contribution >= 0.6 is 0 Å². The molecule has 0 aliphatic rings. The molecule has 6 aromatic rings. The van der Waals surface area contributed by atoms with E-state index in [2.05, 4.69) is 31.5 Å². The Morgan fingerprint density at radius 2 is 1.50 bits per heavy atom. The Morgan fingerprint density at radius 3 is 2.25 bits per heavy atom. The molecule has 0 amide bonds. The lowest BCUT2D eigenvalue weighted by atomic mass is 10.0. The van der Waals surface area contributed by atoms with Crippen LogP contribution in [0.25, 0.3) is 33.1 Å². The number of hydrogen-bond donors (Lipinski definition) is 1. The maximum atomic E-state index is 6.13. The smallest absolute Gasteiger partial charge is 0.161 e. The molecule has 0 saturated carbocycles. The summed E-state index contributed by atoms with van der Waals surface area (Å²) in [4.78, 5) is 8.81. The Morgan fingerprint density at radius 1 is 0.750 bits per heavy atom. The van der Waals surface area contributed by atoms with Gasteiger partial charge in [0.15, 0.2) is 11.6 Å². The van der Waals surface area contributed by atoms with Crippen molar-refractivity contribution in [2.75, 3.05) is 12.4 Å². The lowest BCUT2D eigenvalue weighted by Crippen LogP contribution is -2.05. The molecule has 3 aromatic heterocycles. The topological polar surface area (TPSA) is 91.3 Å². The molecule has 3 heterocycles. The monoisotopic (exact) mass is 529 g/mol. The van der Waals surface area contributed by atoms with E-state index in [0.29, 0.717) is 34.1 Å². The average molecular weight is 530 g/mol. The summed E-state index contributed by atoms with van der Waals surface area (Å²) in [5.41, 5.74) is 4.01. The average Bonchev–Trinajstić information content (AvgIpc) is 2.98. The SMILES string of the molecule is COc1cnc2c(Oc3ccc(Nc4nnc(-c5ccc(OC(C)C)cc5)c5ccccc45)cc3)ccnc2c1. The molecular formula is C32H27N5O3. The van der Waals surface area contributed by atoms with Crippen LogP contribution in [0.5, 0.6) is 23.0 Å². The van der Waals surface area contributed by atoms with Gasteiger partial charge in [-0.05, 0) is 62.4 Å². The van der Waals surface area contributed by atoms with E-state index in [1.807, 2.05) is 86.6 Å². The zero-order valence-electron chi connectivity index (χ0n) is 22.3. The minimum absolute atomic E-state index is 0.120. The first kappa shape index (κ1) is 25.1. The molecule has 40 heavy (non-hydrogen) atoms. The third kappa shape index (κ3) is 5.19. The molecule has 6 rings (SSSR count). The molecule has 1 N–H and O–H groups in total. The summed E-state index contributed by atoms with van der Waals surface area (Å²) in [5, 5.41) is 14.5. The predicted molar refractivity (Wildman–Crippen MR) is 157 cm³/mol. The Kier molecular flexibility index (Phi) is 6.80. The minimum Gasteiger partial charge on any atom is -0.495 e. The Balaban J connectivity index is 1.23. The van der Waals surface area contributed by atoms with Crippen molar-refractivity contribution in [2.45, 2.75) is 20.0 Å². The number of benzene rings is 3. The van der Waals surface area contributed by atoms with Gasteiger partial charge in [0.05, 0.1) is 24.9 Å². The molecule has 198 valence electrons. The van der Waals surface area contributed by atoms with Crippen LogP contribution in [-0.4, -0.2) is 33.4 Å². The summed E-state index contributed by atoms with van der Waals surface area (Å²) in [6.45, 7) is 4.02. The highest BCUT2D eigenvalue weighted by atomic mass is 16.5. The normalized spacial score (nSPS) is 11.1. The maximum Gasteiger partial charge on any atom is 0.161 e. The highest BCUT2D eigenvalue weighted by molar-refractivity contribution is 6.00. The third-order valence-electron chi connectivity index (χ3n) is 6.28. The van der Waals surface area contributed by atoms with Gasteiger partial charge in [0.25, 0.3) is 0 Å². The van der Waals surface area contributed by atoms with Gasteiger partial charge in [-0.2, -0.15) is 0 Å². The largest absolute Gasteiger partial charge is 0.495 e. The Labute approximate surface area is 231 Å². The molecule has 0 fully saturated rings. The number of aromatic nitrogens is 4. The molecule has 0 aliphatic carbocycles. The highest BCUT2D eigenvalue weighted by Gasteiger charge is 2.12. The summed E-state index contributed by atoms with van der Waals surface area (Å²) >= 11 is 0. The second-order valence-corrected chi connectivity index (χ2v) is 9.44. The first-order chi connectivity index (χ1) is 19.6. The van der Waals surface area contributed by atoms with Gasteiger partial charge >= 0.3 is 0 Å². The maximum absolute atomic E-state index is 6.13. The molecule has 0 atom stereocenters. The van der Waals surface area contributed by atoms with Gasteiger partial charge in [0.1, 0.15) is 28.5 Å². The molecule has 0 radical (unpaired) electrons. The number of ether oxygens (including phenoxy) is 3. The number of methoxy groups -OCH3 is 1. The van der Waals surface area contributed by atoms with E-state index >= 15 is 0 Å². The number of nitrogens with one attached hydrogen (secondary N) is 1. The number of pyridine rings is 2. The number of hydrogen-bond acceptors (Lipinski definition) is 8. The van der Waals surface area contributed by atoms with Crippen molar-refractivity contribution in [2.24, 2.45) is 0 Å². The first-order valence-electron chi connectivity index (χ1n) is 12.9. The van der Waals surface area contributed by atoms with E-state index in [1.165, 1.54) is 0 Å². The predicted octanol–water partition coefficient (Wildman–Crippen LogP) is 7.57. The molecular weight excluding hydrogens is 502 g/mol. The Hall–Kier alpha value is -5.24. The van der Waals surface area contributed by atoms with Crippen LogP contribution in [0.2, 0.25) is 0 Å². The van der Waals surface area contributed by atoms with Crippen molar-refractivity contribution < 1.29 is 14.2 Å². The molecule has 8 nitrogen and oxygen atoms in total. The number of fused-ring (bicyclic) bond motifs is 2. The van der Waals surface area contributed by atoms with E-state index in [-0.39, 0.29) is 6.10 Å². The van der Waals surface area contributed by atoms with Crippen molar-refractivity contribution in [3.05, 3.63) is 97.3 Å². The van der Waals surface area contributed by atoms with Crippen molar-refractivity contribution in [1.82, 2.24) is 20.2 Å². The molecule has 0 saturated heterocycles. The molecule has 0 aliphatic heterocycles. The lowest BCUT2D eigenvalue weighted by molar-refractivity contribution is 0.242. The van der Waals surface area contributed by atoms with Gasteiger partial charge in [0, 0.05) is 40.4 Å². The van der Waals surface area contributed by atoms with E-state index in [9.17, 15) is 0 Å².